The summed E-state index contributed by atoms with van der Waals surface area (Å²) in [7, 11) is 0. The molecular weight excluding hydrogens is 492 g/mol. The van der Waals surface area contributed by atoms with E-state index in [1.165, 1.54) is 28.9 Å². The molecule has 3 rings (SSSR count). The average Bonchev–Trinajstić information content (AvgIpc) is 2.90. The first kappa shape index (κ1) is 30.4. The molecule has 2 aromatic carbocycles. The van der Waals surface area contributed by atoms with Gasteiger partial charge in [0.2, 0.25) is 0 Å². The Morgan fingerprint density at radius 3 is 2.13 bits per heavy atom. The van der Waals surface area contributed by atoms with E-state index >= 15 is 0 Å². The molecule has 0 saturated carbocycles. The third-order valence-electron chi connectivity index (χ3n) is 8.98. The highest BCUT2D eigenvalue weighted by molar-refractivity contribution is 7.99. The van der Waals surface area contributed by atoms with Crippen molar-refractivity contribution in [2.45, 2.75) is 120 Å². The number of thioether (sulfide) groups is 1. The number of phenolic OH excluding ortho intramolecular Hbond substituents is 2. The van der Waals surface area contributed by atoms with E-state index in [-0.39, 0.29) is 5.41 Å². The maximum absolute atomic E-state index is 12.1. The topological polar surface area (TPSA) is 77.8 Å². The Hall–Kier alpha value is -2.14. The van der Waals surface area contributed by atoms with Gasteiger partial charge in [0.05, 0.1) is 5.41 Å². The molecule has 0 bridgehead atoms. The van der Waals surface area contributed by atoms with Crippen molar-refractivity contribution in [2.24, 2.45) is 5.41 Å². The SMILES string of the molecule is CCCCCC(CC)(CCCCCCCC[C@@H]1c2ccc(O)cc2SC[C@]1(C)c1ccc(O)cc1)C(=O)O. The van der Waals surface area contributed by atoms with Gasteiger partial charge in [-0.2, -0.15) is 0 Å². The van der Waals surface area contributed by atoms with Gasteiger partial charge in [-0.3, -0.25) is 4.79 Å². The summed E-state index contributed by atoms with van der Waals surface area (Å²) in [6.07, 6.45) is 13.5. The first-order valence-electron chi connectivity index (χ1n) is 14.7. The van der Waals surface area contributed by atoms with Crippen LogP contribution >= 0.6 is 11.8 Å². The van der Waals surface area contributed by atoms with E-state index in [1.54, 1.807) is 12.1 Å². The molecule has 0 saturated heterocycles. The van der Waals surface area contributed by atoms with Crippen molar-refractivity contribution in [2.75, 3.05) is 5.75 Å². The fourth-order valence-corrected chi connectivity index (χ4v) is 7.69. The monoisotopic (exact) mass is 540 g/mol. The van der Waals surface area contributed by atoms with Crippen LogP contribution in [0, 0.1) is 5.41 Å². The largest absolute Gasteiger partial charge is 0.508 e. The second-order valence-corrected chi connectivity index (χ2v) is 12.6. The fraction of sp³-hybridized carbons (Fsp3) is 0.606. The minimum absolute atomic E-state index is 0.0412. The smallest absolute Gasteiger partial charge is 0.309 e. The molecule has 210 valence electrons. The summed E-state index contributed by atoms with van der Waals surface area (Å²) in [6.45, 7) is 6.55. The van der Waals surface area contributed by atoms with Crippen LogP contribution in [0.2, 0.25) is 0 Å². The van der Waals surface area contributed by atoms with E-state index < -0.39 is 11.4 Å². The molecule has 1 aliphatic rings. The molecule has 0 aliphatic carbocycles. The Bertz CT molecular complexity index is 1020. The third kappa shape index (κ3) is 7.49. The predicted molar refractivity (Wildman–Crippen MR) is 158 cm³/mol. The fourth-order valence-electron chi connectivity index (χ4n) is 6.28. The summed E-state index contributed by atoms with van der Waals surface area (Å²) in [5.74, 6) is 1.31. The molecule has 5 heteroatoms. The summed E-state index contributed by atoms with van der Waals surface area (Å²) < 4.78 is 0. The van der Waals surface area contributed by atoms with Crippen molar-refractivity contribution in [3.8, 4) is 11.5 Å². The van der Waals surface area contributed by atoms with Crippen LogP contribution in [0.5, 0.6) is 11.5 Å². The van der Waals surface area contributed by atoms with Crippen LogP contribution in [0.4, 0.5) is 0 Å². The zero-order valence-electron chi connectivity index (χ0n) is 23.7. The molecule has 1 unspecified atom stereocenters. The van der Waals surface area contributed by atoms with Gasteiger partial charge >= 0.3 is 5.97 Å². The lowest BCUT2D eigenvalue weighted by atomic mass is 9.68. The first-order chi connectivity index (χ1) is 18.3. The lowest BCUT2D eigenvalue weighted by Crippen LogP contribution is -2.36. The van der Waals surface area contributed by atoms with Gasteiger partial charge < -0.3 is 15.3 Å². The van der Waals surface area contributed by atoms with Gasteiger partial charge in [0.25, 0.3) is 0 Å². The van der Waals surface area contributed by atoms with Crippen LogP contribution in [0.25, 0.3) is 0 Å². The minimum atomic E-state index is -0.605. The lowest BCUT2D eigenvalue weighted by Gasteiger charge is -2.43. The van der Waals surface area contributed by atoms with Crippen LogP contribution in [-0.2, 0) is 10.2 Å². The van der Waals surface area contributed by atoms with Gasteiger partial charge in [-0.15, -0.1) is 11.8 Å². The Labute approximate surface area is 234 Å². The summed E-state index contributed by atoms with van der Waals surface area (Å²) >= 11 is 1.81. The van der Waals surface area contributed by atoms with E-state index in [9.17, 15) is 20.1 Å². The average molecular weight is 541 g/mol. The molecule has 0 spiro atoms. The highest BCUT2D eigenvalue weighted by atomic mass is 32.2. The van der Waals surface area contributed by atoms with Crippen LogP contribution in [0.15, 0.2) is 47.4 Å². The van der Waals surface area contributed by atoms with Crippen LogP contribution in [0.1, 0.15) is 121 Å². The number of unbranched alkanes of at least 4 members (excludes halogenated alkanes) is 7. The molecule has 2 aromatic rings. The lowest BCUT2D eigenvalue weighted by molar-refractivity contribution is -0.150. The summed E-state index contributed by atoms with van der Waals surface area (Å²) in [5.41, 5.74) is 2.00. The number of aromatic hydroxyl groups is 2. The van der Waals surface area contributed by atoms with Crippen molar-refractivity contribution in [3.63, 3.8) is 0 Å². The Morgan fingerprint density at radius 2 is 1.50 bits per heavy atom. The van der Waals surface area contributed by atoms with E-state index in [0.717, 1.165) is 76.4 Å². The molecule has 0 aromatic heterocycles. The number of carbonyl (C=O) groups is 1. The predicted octanol–water partition coefficient (Wildman–Crippen LogP) is 9.43. The molecule has 0 amide bonds. The molecule has 0 fully saturated rings. The highest BCUT2D eigenvalue weighted by Crippen LogP contribution is 2.52. The van der Waals surface area contributed by atoms with Gasteiger partial charge in [0, 0.05) is 16.1 Å². The summed E-state index contributed by atoms with van der Waals surface area (Å²) in [5, 5.41) is 29.8. The normalized spacial score (nSPS) is 20.6. The number of phenols is 2. The van der Waals surface area contributed by atoms with Crippen molar-refractivity contribution in [3.05, 3.63) is 53.6 Å². The highest BCUT2D eigenvalue weighted by Gasteiger charge is 2.41. The van der Waals surface area contributed by atoms with Gasteiger partial charge in [-0.25, -0.2) is 0 Å². The van der Waals surface area contributed by atoms with E-state index in [0.29, 0.717) is 17.4 Å². The third-order valence-corrected chi connectivity index (χ3v) is 10.4. The number of carboxylic acids is 1. The molecule has 3 atom stereocenters. The van der Waals surface area contributed by atoms with Crippen molar-refractivity contribution >= 4 is 17.7 Å². The molecule has 4 nitrogen and oxygen atoms in total. The standard InChI is InChI=1S/C33H48O4S/c1-4-6-12-21-33(5-2,31(36)37)22-13-10-8-7-9-11-14-29-28-20-19-27(35)23-30(28)38-24-32(29,3)25-15-17-26(34)18-16-25/h15-20,23,29,34-35H,4-14,21-22,24H2,1-3H3,(H,36,37)/t29-,32-,33?/m1/s1. The van der Waals surface area contributed by atoms with Crippen molar-refractivity contribution in [1.29, 1.82) is 0 Å². The number of carboxylic acid groups (broad SMARTS) is 1. The van der Waals surface area contributed by atoms with Gasteiger partial charge in [0.15, 0.2) is 0 Å². The van der Waals surface area contributed by atoms with E-state index in [4.69, 9.17) is 0 Å². The Kier molecular flexibility index (Phi) is 11.4. The van der Waals surface area contributed by atoms with Crippen LogP contribution in [-0.4, -0.2) is 27.0 Å². The minimum Gasteiger partial charge on any atom is -0.508 e. The van der Waals surface area contributed by atoms with E-state index in [2.05, 4.69) is 32.0 Å². The van der Waals surface area contributed by atoms with Crippen molar-refractivity contribution < 1.29 is 20.1 Å². The number of benzene rings is 2. The second kappa shape index (κ2) is 14.3. The quantitative estimate of drug-likeness (QED) is 0.185. The maximum atomic E-state index is 12.1. The van der Waals surface area contributed by atoms with Crippen molar-refractivity contribution in [1.82, 2.24) is 0 Å². The molecule has 38 heavy (non-hydrogen) atoms. The molecule has 1 aliphatic heterocycles. The van der Waals surface area contributed by atoms with Crippen LogP contribution in [0.3, 0.4) is 0 Å². The molecule has 1 heterocycles. The molecule has 0 radical (unpaired) electrons. The summed E-state index contributed by atoms with van der Waals surface area (Å²) in [4.78, 5) is 13.2. The van der Waals surface area contributed by atoms with Gasteiger partial charge in [-0.1, -0.05) is 96.8 Å². The number of hydrogen-bond donors (Lipinski definition) is 3. The Morgan fingerprint density at radius 1 is 0.895 bits per heavy atom. The first-order valence-corrected chi connectivity index (χ1v) is 15.7. The molecular formula is C33H48O4S. The number of fused-ring (bicyclic) bond motifs is 1. The Balaban J connectivity index is 1.53. The second-order valence-electron chi connectivity index (χ2n) is 11.6. The zero-order valence-corrected chi connectivity index (χ0v) is 24.5. The van der Waals surface area contributed by atoms with E-state index in [1.807, 2.05) is 30.8 Å². The zero-order chi connectivity index (χ0) is 27.6. The van der Waals surface area contributed by atoms with Crippen LogP contribution < -0.4 is 0 Å². The number of rotatable bonds is 16. The van der Waals surface area contributed by atoms with Gasteiger partial charge in [0.1, 0.15) is 11.5 Å². The number of hydrogen-bond acceptors (Lipinski definition) is 4. The maximum Gasteiger partial charge on any atom is 0.309 e. The summed E-state index contributed by atoms with van der Waals surface area (Å²) in [6, 6.07) is 13.5. The van der Waals surface area contributed by atoms with Gasteiger partial charge in [-0.05, 0) is 67.0 Å². The molecule has 3 N–H and O–H groups in total. The number of aliphatic carboxylic acids is 1.